The Morgan fingerprint density at radius 3 is 2.00 bits per heavy atom. The molecule has 0 amide bonds. The van der Waals surface area contributed by atoms with Gasteiger partial charge in [-0.3, -0.25) is 0 Å². The summed E-state index contributed by atoms with van der Waals surface area (Å²) in [5, 5.41) is 0. The van der Waals surface area contributed by atoms with Gasteiger partial charge < -0.3 is 8.85 Å². The molecule has 0 fully saturated rings. The summed E-state index contributed by atoms with van der Waals surface area (Å²) in [7, 11) is -2.01. The second-order valence-electron chi connectivity index (χ2n) is 7.18. The van der Waals surface area contributed by atoms with Crippen molar-refractivity contribution in [2.75, 3.05) is 6.61 Å². The zero-order chi connectivity index (χ0) is 18.1. The summed E-state index contributed by atoms with van der Waals surface area (Å²) in [4.78, 5) is 0. The topological polar surface area (TPSA) is 18.5 Å². The normalized spacial score (nSPS) is 12.7. The van der Waals surface area contributed by atoms with Crippen LogP contribution in [-0.2, 0) is 8.85 Å². The monoisotopic (exact) mass is 354 g/mol. The van der Waals surface area contributed by atoms with Crippen molar-refractivity contribution in [3.8, 4) is 11.8 Å². The van der Waals surface area contributed by atoms with Crippen molar-refractivity contribution in [1.29, 1.82) is 0 Å². The molecule has 0 aromatic carbocycles. The zero-order valence-corrected chi connectivity index (χ0v) is 18.1. The predicted molar refractivity (Wildman–Crippen MR) is 109 cm³/mol. The average molecular weight is 355 g/mol. The lowest BCUT2D eigenvalue weighted by molar-refractivity contribution is 0.119. The van der Waals surface area contributed by atoms with Gasteiger partial charge in [0, 0.05) is 19.4 Å². The van der Waals surface area contributed by atoms with Gasteiger partial charge in [-0.1, -0.05) is 65.7 Å². The molecule has 0 heterocycles. The summed E-state index contributed by atoms with van der Waals surface area (Å²) in [6.07, 6.45) is 14.9. The standard InChI is InChI=1S/C21H42O2Si/c1-6-9-11-13-14-15-16-18-20-22-24(4,5)23-21(8-3)19-17-12-10-7-2/h21H,6-11,13-16,18-20H2,1-5H3. The van der Waals surface area contributed by atoms with E-state index in [0.717, 1.165) is 32.3 Å². The van der Waals surface area contributed by atoms with Crippen molar-refractivity contribution in [2.24, 2.45) is 0 Å². The molecule has 0 aliphatic heterocycles. The molecule has 0 spiro atoms. The van der Waals surface area contributed by atoms with Gasteiger partial charge in [0.2, 0.25) is 0 Å². The van der Waals surface area contributed by atoms with E-state index >= 15 is 0 Å². The Morgan fingerprint density at radius 2 is 1.42 bits per heavy atom. The Balaban J connectivity index is 3.77. The third-order valence-corrected chi connectivity index (χ3v) is 5.98. The van der Waals surface area contributed by atoms with Crippen LogP contribution in [0.2, 0.25) is 13.1 Å². The molecule has 0 N–H and O–H groups in total. The van der Waals surface area contributed by atoms with Gasteiger partial charge in [0.15, 0.2) is 0 Å². The highest BCUT2D eigenvalue weighted by molar-refractivity contribution is 6.64. The maximum absolute atomic E-state index is 6.25. The van der Waals surface area contributed by atoms with Gasteiger partial charge in [-0.15, -0.1) is 11.8 Å². The zero-order valence-electron chi connectivity index (χ0n) is 17.1. The van der Waals surface area contributed by atoms with E-state index in [1.54, 1.807) is 0 Å². The number of unbranched alkanes of at least 4 members (excludes halogenated alkanes) is 8. The highest BCUT2D eigenvalue weighted by Crippen LogP contribution is 2.16. The molecule has 0 saturated carbocycles. The van der Waals surface area contributed by atoms with Crippen molar-refractivity contribution in [1.82, 2.24) is 0 Å². The van der Waals surface area contributed by atoms with Crippen LogP contribution in [0.25, 0.3) is 0 Å². The molecule has 3 heteroatoms. The fraction of sp³-hybridized carbons (Fsp3) is 0.905. The molecule has 0 rings (SSSR count). The molecule has 24 heavy (non-hydrogen) atoms. The van der Waals surface area contributed by atoms with E-state index in [-0.39, 0.29) is 6.10 Å². The van der Waals surface area contributed by atoms with Gasteiger partial charge in [-0.2, -0.15) is 0 Å². The Hall–Kier alpha value is -0.303. The van der Waals surface area contributed by atoms with E-state index in [2.05, 4.69) is 45.7 Å². The van der Waals surface area contributed by atoms with E-state index in [9.17, 15) is 0 Å². The largest absolute Gasteiger partial charge is 0.395 e. The van der Waals surface area contributed by atoms with Crippen LogP contribution in [0.15, 0.2) is 0 Å². The van der Waals surface area contributed by atoms with Crippen molar-refractivity contribution >= 4 is 8.56 Å². The van der Waals surface area contributed by atoms with E-state index in [1.165, 1.54) is 51.4 Å². The predicted octanol–water partition coefficient (Wildman–Crippen LogP) is 6.83. The van der Waals surface area contributed by atoms with Gasteiger partial charge in [0.25, 0.3) is 0 Å². The summed E-state index contributed by atoms with van der Waals surface area (Å²) >= 11 is 0. The molecule has 0 aliphatic rings. The summed E-state index contributed by atoms with van der Waals surface area (Å²) in [5.41, 5.74) is 0. The van der Waals surface area contributed by atoms with Crippen molar-refractivity contribution in [3.05, 3.63) is 0 Å². The molecule has 0 aliphatic carbocycles. The van der Waals surface area contributed by atoms with Crippen LogP contribution >= 0.6 is 0 Å². The Kier molecular flexibility index (Phi) is 16.0. The lowest BCUT2D eigenvalue weighted by Gasteiger charge is -2.27. The lowest BCUT2D eigenvalue weighted by Crippen LogP contribution is -2.39. The summed E-state index contributed by atoms with van der Waals surface area (Å²) in [5.74, 6) is 6.47. The molecule has 2 nitrogen and oxygen atoms in total. The van der Waals surface area contributed by atoms with Crippen LogP contribution in [0.1, 0.15) is 97.8 Å². The number of rotatable bonds is 15. The summed E-state index contributed by atoms with van der Waals surface area (Å²) in [6, 6.07) is 0. The van der Waals surface area contributed by atoms with Crippen LogP contribution in [0.3, 0.4) is 0 Å². The quantitative estimate of drug-likeness (QED) is 0.182. The molecule has 0 aromatic heterocycles. The number of hydrogen-bond acceptors (Lipinski definition) is 2. The molecule has 0 bridgehead atoms. The molecule has 142 valence electrons. The van der Waals surface area contributed by atoms with Gasteiger partial charge in [-0.05, 0) is 32.4 Å². The van der Waals surface area contributed by atoms with E-state index < -0.39 is 8.56 Å². The lowest BCUT2D eigenvalue weighted by atomic mass is 10.1. The third-order valence-electron chi connectivity index (χ3n) is 4.18. The minimum absolute atomic E-state index is 0.231. The van der Waals surface area contributed by atoms with Crippen LogP contribution in [0.4, 0.5) is 0 Å². The van der Waals surface area contributed by atoms with Crippen molar-refractivity contribution in [2.45, 2.75) is 117 Å². The first-order valence-electron chi connectivity index (χ1n) is 10.3. The van der Waals surface area contributed by atoms with Crippen LogP contribution in [0.5, 0.6) is 0 Å². The molecule has 0 aromatic rings. The molecule has 1 atom stereocenters. The fourth-order valence-corrected chi connectivity index (χ4v) is 4.41. The van der Waals surface area contributed by atoms with E-state index in [4.69, 9.17) is 8.85 Å². The van der Waals surface area contributed by atoms with Crippen LogP contribution in [0, 0.1) is 11.8 Å². The first-order valence-corrected chi connectivity index (χ1v) is 13.1. The van der Waals surface area contributed by atoms with Gasteiger partial charge in [-0.25, -0.2) is 0 Å². The Labute approximate surface area is 153 Å². The SMILES string of the molecule is CCCC#CCC(CC)O[Si](C)(C)OCCCCCCCCCC. The van der Waals surface area contributed by atoms with Crippen molar-refractivity contribution in [3.63, 3.8) is 0 Å². The summed E-state index contributed by atoms with van der Waals surface area (Å²) < 4.78 is 12.4. The smallest absolute Gasteiger partial charge is 0.331 e. The fourth-order valence-electron chi connectivity index (χ4n) is 2.66. The van der Waals surface area contributed by atoms with Gasteiger partial charge in [0.05, 0.1) is 6.10 Å². The maximum Gasteiger partial charge on any atom is 0.331 e. The second kappa shape index (κ2) is 16.2. The third kappa shape index (κ3) is 15.2. The van der Waals surface area contributed by atoms with Gasteiger partial charge in [0.1, 0.15) is 0 Å². The van der Waals surface area contributed by atoms with E-state index in [1.807, 2.05) is 0 Å². The highest BCUT2D eigenvalue weighted by atomic mass is 28.4. The Morgan fingerprint density at radius 1 is 0.792 bits per heavy atom. The maximum atomic E-state index is 6.25. The average Bonchev–Trinajstić information content (AvgIpc) is 2.56. The molecule has 0 radical (unpaired) electrons. The Bertz CT molecular complexity index is 330. The van der Waals surface area contributed by atoms with Crippen LogP contribution in [-0.4, -0.2) is 21.3 Å². The minimum Gasteiger partial charge on any atom is -0.395 e. The van der Waals surface area contributed by atoms with E-state index in [0.29, 0.717) is 0 Å². The van der Waals surface area contributed by atoms with Crippen LogP contribution < -0.4 is 0 Å². The summed E-state index contributed by atoms with van der Waals surface area (Å²) in [6.45, 7) is 11.8. The minimum atomic E-state index is -2.01. The second-order valence-corrected chi connectivity index (χ2v) is 10.5. The first kappa shape index (κ1) is 23.7. The molecular formula is C21H42O2Si. The molecule has 0 saturated heterocycles. The molecular weight excluding hydrogens is 312 g/mol. The first-order chi connectivity index (χ1) is 11.6. The molecule has 1 unspecified atom stereocenters. The highest BCUT2D eigenvalue weighted by Gasteiger charge is 2.27. The van der Waals surface area contributed by atoms with Gasteiger partial charge >= 0.3 is 8.56 Å². The van der Waals surface area contributed by atoms with Crippen molar-refractivity contribution < 1.29 is 8.85 Å². The number of hydrogen-bond donors (Lipinski definition) is 0.